The fourth-order valence-corrected chi connectivity index (χ4v) is 12.7. The maximum Gasteiger partial charge on any atom is 0.573 e. The molecule has 3 N–H and O–H groups in total. The summed E-state index contributed by atoms with van der Waals surface area (Å²) in [5.74, 6) is 0.0763. The van der Waals surface area contributed by atoms with Gasteiger partial charge in [-0.05, 0) is 115 Å². The molecule has 8 atom stereocenters. The lowest BCUT2D eigenvalue weighted by molar-refractivity contribution is -0.274. The van der Waals surface area contributed by atoms with E-state index in [1.807, 2.05) is 54.6 Å². The van der Waals surface area contributed by atoms with Crippen LogP contribution in [0.1, 0.15) is 74.7 Å². The molecule has 10 rings (SSSR count). The quantitative estimate of drug-likeness (QED) is 0.108. The third kappa shape index (κ3) is 6.74. The Kier molecular flexibility index (Phi) is 10.3. The van der Waals surface area contributed by atoms with E-state index in [0.29, 0.717) is 54.7 Å². The molecule has 2 bridgehead atoms. The summed E-state index contributed by atoms with van der Waals surface area (Å²) in [6.07, 6.45) is 5.80. The number of Topliss-reactive ketones (excluding diaryl/α,β-unsaturated/α-hetero) is 1. The fourth-order valence-electron chi connectivity index (χ4n) is 12.7. The molecule has 0 heterocycles. The van der Waals surface area contributed by atoms with Gasteiger partial charge in [-0.1, -0.05) is 98.8 Å². The number of allylic oxidation sites excluding steroid dienone is 4. The van der Waals surface area contributed by atoms with Gasteiger partial charge in [0.1, 0.15) is 11.5 Å². The number of amides is 2. The lowest BCUT2D eigenvalue weighted by atomic mass is 9.32. The molecule has 2 spiro atoms. The number of aliphatic hydroxyl groups is 2. The number of hydrogen-bond acceptors (Lipinski definition) is 6. The highest BCUT2D eigenvalue weighted by molar-refractivity contribution is 6.14. The lowest BCUT2D eigenvalue weighted by Crippen LogP contribution is -2.67. The number of nitrogens with zero attached hydrogens (tertiary/aromatic N) is 1. The molecule has 4 aromatic carbocycles. The average molecular weight is 847 g/mol. The van der Waals surface area contributed by atoms with E-state index in [2.05, 4.69) is 42.1 Å². The van der Waals surface area contributed by atoms with Crippen LogP contribution in [0.15, 0.2) is 127 Å². The Morgan fingerprint density at radius 1 is 0.806 bits per heavy atom. The van der Waals surface area contributed by atoms with Gasteiger partial charge in [-0.3, -0.25) is 4.79 Å². The molecule has 0 radical (unpaired) electrons. The van der Waals surface area contributed by atoms with Crippen LogP contribution in [-0.2, 0) is 6.54 Å². The number of carbonyl (C=O) groups is 2. The average Bonchev–Trinajstić information content (AvgIpc) is 3.53. The number of fused-ring (bicyclic) bond motifs is 1. The van der Waals surface area contributed by atoms with Crippen molar-refractivity contribution in [2.45, 2.75) is 83.4 Å². The van der Waals surface area contributed by atoms with Crippen LogP contribution in [0.25, 0.3) is 11.1 Å². The molecule has 8 nitrogen and oxygen atoms in total. The van der Waals surface area contributed by atoms with Crippen LogP contribution in [0.4, 0.5) is 23.7 Å². The number of ketones is 1. The number of halogens is 3. The number of nitrogens with one attached hydrogen (secondary N) is 1. The highest BCUT2D eigenvalue weighted by Crippen LogP contribution is 2.78. The first kappa shape index (κ1) is 41.9. The first-order chi connectivity index (χ1) is 29.5. The highest BCUT2D eigenvalue weighted by atomic mass is 19.4. The second-order valence-electron chi connectivity index (χ2n) is 18.8. The monoisotopic (exact) mass is 846 g/mol. The van der Waals surface area contributed by atoms with Gasteiger partial charge in [0.15, 0.2) is 5.78 Å². The van der Waals surface area contributed by atoms with Crippen LogP contribution in [0.3, 0.4) is 0 Å². The van der Waals surface area contributed by atoms with Crippen LogP contribution in [0.2, 0.25) is 0 Å². The molecule has 2 amide bonds. The van der Waals surface area contributed by atoms with Gasteiger partial charge in [-0.2, -0.15) is 0 Å². The minimum absolute atomic E-state index is 0.00611. The van der Waals surface area contributed by atoms with Gasteiger partial charge in [-0.15, -0.1) is 13.2 Å². The normalized spacial score (nSPS) is 31.9. The smallest absolute Gasteiger partial charge is 0.497 e. The van der Waals surface area contributed by atoms with E-state index in [4.69, 9.17) is 4.74 Å². The molecule has 6 aliphatic rings. The maximum absolute atomic E-state index is 15.6. The third-order valence-electron chi connectivity index (χ3n) is 15.8. The summed E-state index contributed by atoms with van der Waals surface area (Å²) >= 11 is 0. The number of urea groups is 1. The van der Waals surface area contributed by atoms with Crippen molar-refractivity contribution in [3.05, 3.63) is 138 Å². The molecular weight excluding hydrogens is 794 g/mol. The minimum atomic E-state index is -4.85. The second kappa shape index (κ2) is 15.2. The maximum atomic E-state index is 15.6. The summed E-state index contributed by atoms with van der Waals surface area (Å²) in [7, 11) is 1.55. The Balaban J connectivity index is 1.10. The topological polar surface area (TPSA) is 108 Å². The van der Waals surface area contributed by atoms with Gasteiger partial charge in [0.25, 0.3) is 0 Å². The molecule has 0 aromatic heterocycles. The predicted octanol–water partition coefficient (Wildman–Crippen LogP) is 10.8. The van der Waals surface area contributed by atoms with Crippen molar-refractivity contribution in [3.8, 4) is 22.6 Å². The molecule has 324 valence electrons. The highest BCUT2D eigenvalue weighted by Gasteiger charge is 2.74. The zero-order valence-electron chi connectivity index (χ0n) is 35.3. The van der Waals surface area contributed by atoms with Crippen LogP contribution >= 0.6 is 0 Å². The van der Waals surface area contributed by atoms with Gasteiger partial charge in [0.05, 0.1) is 25.4 Å². The number of methoxy groups -OCH3 is 1. The van der Waals surface area contributed by atoms with Gasteiger partial charge in [0, 0.05) is 39.6 Å². The Morgan fingerprint density at radius 3 is 2.16 bits per heavy atom. The van der Waals surface area contributed by atoms with Gasteiger partial charge in [0.2, 0.25) is 0 Å². The molecule has 0 aliphatic heterocycles. The predicted molar refractivity (Wildman–Crippen MR) is 230 cm³/mol. The summed E-state index contributed by atoms with van der Waals surface area (Å²) in [6.45, 7) is 4.39. The Morgan fingerprint density at radius 2 is 1.45 bits per heavy atom. The largest absolute Gasteiger partial charge is 0.573 e. The van der Waals surface area contributed by atoms with Crippen molar-refractivity contribution in [1.29, 1.82) is 0 Å². The van der Waals surface area contributed by atoms with E-state index < -0.39 is 40.3 Å². The number of rotatable bonds is 10. The molecule has 4 aromatic rings. The number of carbonyl (C=O) groups excluding carboxylic acids is 2. The van der Waals surface area contributed by atoms with Crippen LogP contribution in [-0.4, -0.2) is 58.6 Å². The van der Waals surface area contributed by atoms with Crippen molar-refractivity contribution in [3.63, 3.8) is 0 Å². The number of hydrogen-bond donors (Lipinski definition) is 3. The molecule has 3 saturated carbocycles. The summed E-state index contributed by atoms with van der Waals surface area (Å²) < 4.78 is 48.5. The Labute approximate surface area is 360 Å². The summed E-state index contributed by atoms with van der Waals surface area (Å²) in [4.78, 5) is 31.5. The number of ether oxygens (including phenoxy) is 2. The SMILES string of the molecule is COc1ccc(NC(=O)N(Cc2ccc(OC(F)(F)F)cc2)C[C@]2(O)CC[C@H]3[C@]45C=C[C@@]6(C=C4C(=O)c4ccccc4-c4ccccc4)CC(O)CC[C@]6(C)[C@H]5CC[C@@]32C)cc1. The molecule has 62 heavy (non-hydrogen) atoms. The zero-order chi connectivity index (χ0) is 43.7. The van der Waals surface area contributed by atoms with Gasteiger partial charge < -0.3 is 29.9 Å². The molecule has 1 unspecified atom stereocenters. The molecular formula is C51H53F3N2O6. The van der Waals surface area contributed by atoms with Crippen molar-refractivity contribution >= 4 is 17.5 Å². The van der Waals surface area contributed by atoms with Gasteiger partial charge in [-0.25, -0.2) is 4.79 Å². The lowest BCUT2D eigenvalue weighted by Gasteiger charge is -2.71. The number of anilines is 1. The van der Waals surface area contributed by atoms with Crippen molar-refractivity contribution in [1.82, 2.24) is 4.90 Å². The van der Waals surface area contributed by atoms with E-state index in [-0.39, 0.29) is 41.9 Å². The Bertz CT molecular complexity index is 2420. The third-order valence-corrected chi connectivity index (χ3v) is 15.8. The standard InChI is InChI=1S/C51H53F3N2O6/c1-46-24-21-36(57)29-48(46)27-28-50(41(30-48)44(58)40-12-8-7-11-39(40)34-9-5-4-6-10-34)42(46)22-25-47(2)43(50)23-26-49(47,60)32-56(45(59)55-35-15-19-37(61-3)20-16-35)31-33-13-17-38(18-14-33)62-51(52,53)54/h4-20,27-28,30,36,42-43,57,60H,21-26,29,31-32H2,1-3H3,(H,55,59)/t36?,42-,43-,46-,47+,48+,49-,50-/m1/s1. The summed E-state index contributed by atoms with van der Waals surface area (Å²) in [5, 5.41) is 27.4. The van der Waals surface area contributed by atoms with E-state index >= 15 is 4.79 Å². The van der Waals surface area contributed by atoms with Crippen molar-refractivity contribution < 1.29 is 42.4 Å². The van der Waals surface area contributed by atoms with E-state index in [1.165, 1.54) is 29.2 Å². The fraction of sp³-hybridized carbons (Fsp3) is 0.412. The van der Waals surface area contributed by atoms with E-state index in [9.17, 15) is 28.2 Å². The summed E-state index contributed by atoms with van der Waals surface area (Å²) in [6, 6.07) is 29.5. The first-order valence-electron chi connectivity index (χ1n) is 21.6. The first-order valence-corrected chi connectivity index (χ1v) is 21.6. The number of benzene rings is 4. The number of aliphatic hydroxyl groups excluding tert-OH is 1. The summed E-state index contributed by atoms with van der Waals surface area (Å²) in [5.41, 5.74) is 0.529. The molecule has 6 aliphatic carbocycles. The number of alkyl halides is 3. The van der Waals surface area contributed by atoms with E-state index in [1.54, 1.807) is 31.4 Å². The van der Waals surface area contributed by atoms with E-state index in [0.717, 1.165) is 29.5 Å². The molecule has 11 heteroatoms. The minimum Gasteiger partial charge on any atom is -0.497 e. The Hall–Kier alpha value is -5.39. The van der Waals surface area contributed by atoms with Crippen molar-refractivity contribution in [2.75, 3.05) is 19.0 Å². The van der Waals surface area contributed by atoms with Gasteiger partial charge >= 0.3 is 12.4 Å². The van der Waals surface area contributed by atoms with Crippen LogP contribution in [0, 0.1) is 33.5 Å². The zero-order valence-corrected chi connectivity index (χ0v) is 35.3. The van der Waals surface area contributed by atoms with Crippen LogP contribution < -0.4 is 14.8 Å². The van der Waals surface area contributed by atoms with Crippen molar-refractivity contribution in [2.24, 2.45) is 33.5 Å². The second-order valence-corrected chi connectivity index (χ2v) is 18.8. The molecule has 0 saturated heterocycles. The molecule has 3 fully saturated rings. The van der Waals surface area contributed by atoms with Crippen LogP contribution in [0.5, 0.6) is 11.5 Å².